The highest BCUT2D eigenvalue weighted by Gasteiger charge is 2.20. The maximum atomic E-state index is 5.23. The van der Waals surface area contributed by atoms with Crippen LogP contribution in [-0.2, 0) is 0 Å². The van der Waals surface area contributed by atoms with Crippen molar-refractivity contribution in [3.8, 4) is 51.0 Å². The van der Waals surface area contributed by atoms with Crippen LogP contribution < -0.4 is 0 Å². The van der Waals surface area contributed by atoms with Crippen molar-refractivity contribution in [3.05, 3.63) is 163 Å². The number of hydrogen-bond acceptors (Lipinski definition) is 5. The van der Waals surface area contributed by atoms with Crippen LogP contribution in [0, 0.1) is 13.8 Å². The van der Waals surface area contributed by atoms with Gasteiger partial charge >= 0.3 is 0 Å². The number of pyridine rings is 1. The Hall–Kier alpha value is -6.50. The molecule has 52 heavy (non-hydrogen) atoms. The number of rotatable bonds is 5. The van der Waals surface area contributed by atoms with Gasteiger partial charge in [0, 0.05) is 49.1 Å². The van der Waals surface area contributed by atoms with Gasteiger partial charge in [-0.1, -0.05) is 109 Å². The lowest BCUT2D eigenvalue weighted by Gasteiger charge is -2.13. The first-order valence-electron chi connectivity index (χ1n) is 17.4. The highest BCUT2D eigenvalue weighted by atomic mass is 32.1. The molecular weight excluding hydrogens is 655 g/mol. The Kier molecular flexibility index (Phi) is 7.05. The summed E-state index contributed by atoms with van der Waals surface area (Å²) in [4.78, 5) is 20.3. The van der Waals surface area contributed by atoms with E-state index >= 15 is 0 Å². The van der Waals surface area contributed by atoms with Gasteiger partial charge < -0.3 is 0 Å². The summed E-state index contributed by atoms with van der Waals surface area (Å²) in [6.07, 6.45) is 1.88. The van der Waals surface area contributed by atoms with E-state index in [9.17, 15) is 0 Å². The average Bonchev–Trinajstić information content (AvgIpc) is 3.75. The van der Waals surface area contributed by atoms with Gasteiger partial charge in [0.05, 0.1) is 15.9 Å². The lowest BCUT2D eigenvalue weighted by atomic mass is 9.95. The van der Waals surface area contributed by atoms with Gasteiger partial charge in [0.25, 0.3) is 0 Å². The Morgan fingerprint density at radius 2 is 1.12 bits per heavy atom. The summed E-state index contributed by atoms with van der Waals surface area (Å²) in [5, 5.41) is 4.70. The molecule has 0 saturated carbocycles. The minimum absolute atomic E-state index is 0.647. The molecule has 0 fully saturated rings. The third-order valence-electron chi connectivity index (χ3n) is 10.0. The minimum Gasteiger partial charge on any atom is -0.292 e. The van der Waals surface area contributed by atoms with Crippen LogP contribution in [0.4, 0.5) is 0 Å². The molecule has 10 rings (SSSR count). The van der Waals surface area contributed by atoms with E-state index in [0.29, 0.717) is 17.5 Å². The number of aryl methyl sites for hydroxylation is 2. The molecule has 0 amide bonds. The number of nitrogens with zero attached hydrogens (tertiary/aromatic N) is 5. The van der Waals surface area contributed by atoms with Crippen LogP contribution in [-0.4, -0.2) is 24.5 Å². The fourth-order valence-electron chi connectivity index (χ4n) is 7.47. The van der Waals surface area contributed by atoms with E-state index < -0.39 is 0 Å². The molecule has 0 atom stereocenters. The van der Waals surface area contributed by atoms with Gasteiger partial charge in [0.2, 0.25) is 0 Å². The molecule has 10 aromatic rings. The Bertz CT molecular complexity index is 2940. The molecule has 0 unspecified atom stereocenters. The fraction of sp³-hybridized carbons (Fsp3) is 0.0435. The van der Waals surface area contributed by atoms with Crippen molar-refractivity contribution in [1.29, 1.82) is 0 Å². The quantitative estimate of drug-likeness (QED) is 0.181. The summed E-state index contributed by atoms with van der Waals surface area (Å²) in [5.74, 6) is 1.95. The maximum absolute atomic E-state index is 5.23. The molecule has 0 aliphatic rings. The monoisotopic (exact) mass is 685 g/mol. The van der Waals surface area contributed by atoms with Crippen LogP contribution in [0.15, 0.2) is 152 Å². The number of benzene rings is 6. The van der Waals surface area contributed by atoms with Crippen molar-refractivity contribution in [1.82, 2.24) is 24.5 Å². The van der Waals surface area contributed by atoms with Gasteiger partial charge in [-0.25, -0.2) is 19.9 Å². The van der Waals surface area contributed by atoms with Gasteiger partial charge in [-0.3, -0.25) is 4.57 Å². The van der Waals surface area contributed by atoms with Crippen molar-refractivity contribution < 1.29 is 0 Å². The molecule has 0 bridgehead atoms. The van der Waals surface area contributed by atoms with Crippen LogP contribution >= 0.6 is 11.3 Å². The standard InChI is InChI=1S/C46H31N5S/c1-28-13-6-7-16-32(28)38-27-31(25-24-29(38)2)44-48-43(30-14-4-3-5-15-30)49-45(50-44)37-20-10-18-34-35-19-11-23-40(42(35)52-41(34)37)51-39-22-9-8-17-33(39)36-21-12-26-47-46(36)51/h3-27H,1-2H3. The van der Waals surface area contributed by atoms with E-state index in [2.05, 4.69) is 140 Å². The molecule has 246 valence electrons. The average molecular weight is 686 g/mol. The Balaban J connectivity index is 1.20. The zero-order chi connectivity index (χ0) is 34.8. The second-order valence-corrected chi connectivity index (χ2v) is 14.2. The number of thiophene rings is 1. The van der Waals surface area contributed by atoms with E-state index in [-0.39, 0.29) is 0 Å². The van der Waals surface area contributed by atoms with Crippen LogP contribution in [0.25, 0.3) is 93.1 Å². The normalized spacial score (nSPS) is 11.7. The highest BCUT2D eigenvalue weighted by Crippen LogP contribution is 2.44. The number of para-hydroxylation sites is 1. The lowest BCUT2D eigenvalue weighted by Crippen LogP contribution is -2.00. The summed E-state index contributed by atoms with van der Waals surface area (Å²) in [6.45, 7) is 4.32. The smallest absolute Gasteiger partial charge is 0.165 e. The molecule has 4 heterocycles. The van der Waals surface area contributed by atoms with E-state index in [1.54, 1.807) is 11.3 Å². The van der Waals surface area contributed by atoms with E-state index in [0.717, 1.165) is 43.6 Å². The number of aromatic nitrogens is 5. The second-order valence-electron chi connectivity index (χ2n) is 13.2. The minimum atomic E-state index is 0.647. The lowest BCUT2D eigenvalue weighted by molar-refractivity contribution is 1.08. The predicted octanol–water partition coefficient (Wildman–Crippen LogP) is 12.0. The van der Waals surface area contributed by atoms with Crippen molar-refractivity contribution in [2.45, 2.75) is 13.8 Å². The summed E-state index contributed by atoms with van der Waals surface area (Å²) >= 11 is 1.78. The molecule has 0 aliphatic carbocycles. The molecule has 0 spiro atoms. The molecule has 4 aromatic heterocycles. The van der Waals surface area contributed by atoms with Crippen LogP contribution in [0.5, 0.6) is 0 Å². The molecular formula is C46H31N5S. The van der Waals surface area contributed by atoms with Crippen molar-refractivity contribution in [2.24, 2.45) is 0 Å². The maximum Gasteiger partial charge on any atom is 0.165 e. The first-order chi connectivity index (χ1) is 25.6. The summed E-state index contributed by atoms with van der Waals surface area (Å²) in [5.41, 5.74) is 10.9. The third kappa shape index (κ3) is 4.83. The molecule has 0 saturated heterocycles. The molecule has 0 aliphatic heterocycles. The van der Waals surface area contributed by atoms with E-state index in [1.165, 1.54) is 43.1 Å². The van der Waals surface area contributed by atoms with Gasteiger partial charge in [-0.05, 0) is 72.5 Å². The van der Waals surface area contributed by atoms with Crippen molar-refractivity contribution in [3.63, 3.8) is 0 Å². The predicted molar refractivity (Wildman–Crippen MR) is 216 cm³/mol. The fourth-order valence-corrected chi connectivity index (χ4v) is 8.78. The van der Waals surface area contributed by atoms with Crippen molar-refractivity contribution >= 4 is 53.4 Å². The zero-order valence-corrected chi connectivity index (χ0v) is 29.4. The van der Waals surface area contributed by atoms with Gasteiger partial charge in [-0.2, -0.15) is 0 Å². The molecule has 6 heteroatoms. The topological polar surface area (TPSA) is 56.5 Å². The first kappa shape index (κ1) is 30.3. The van der Waals surface area contributed by atoms with Crippen molar-refractivity contribution in [2.75, 3.05) is 0 Å². The van der Waals surface area contributed by atoms with E-state index in [4.69, 9.17) is 19.9 Å². The summed E-state index contributed by atoms with van der Waals surface area (Å²) < 4.78 is 4.64. The highest BCUT2D eigenvalue weighted by molar-refractivity contribution is 7.26. The Morgan fingerprint density at radius 1 is 0.462 bits per heavy atom. The Morgan fingerprint density at radius 3 is 1.98 bits per heavy atom. The number of hydrogen-bond donors (Lipinski definition) is 0. The van der Waals surface area contributed by atoms with E-state index in [1.807, 2.05) is 30.5 Å². The largest absolute Gasteiger partial charge is 0.292 e. The third-order valence-corrected chi connectivity index (χ3v) is 11.3. The van der Waals surface area contributed by atoms with Crippen LogP contribution in [0.2, 0.25) is 0 Å². The number of fused-ring (bicyclic) bond motifs is 6. The molecule has 5 nitrogen and oxygen atoms in total. The second kappa shape index (κ2) is 12.1. The molecule has 0 N–H and O–H groups in total. The summed E-state index contributed by atoms with van der Waals surface area (Å²) in [7, 11) is 0. The Labute approximate surface area is 304 Å². The SMILES string of the molecule is Cc1ccccc1-c1cc(-c2nc(-c3ccccc3)nc(-c3cccc4c3sc3c(-n5c6ccccc6c6cccnc65)cccc34)n2)ccc1C. The van der Waals surface area contributed by atoms with Crippen LogP contribution in [0.1, 0.15) is 11.1 Å². The zero-order valence-electron chi connectivity index (χ0n) is 28.6. The molecule has 6 aromatic carbocycles. The van der Waals surface area contributed by atoms with Gasteiger partial charge in [0.15, 0.2) is 17.5 Å². The van der Waals surface area contributed by atoms with Gasteiger partial charge in [-0.15, -0.1) is 11.3 Å². The first-order valence-corrected chi connectivity index (χ1v) is 18.2. The van der Waals surface area contributed by atoms with Gasteiger partial charge in [0.1, 0.15) is 5.65 Å². The molecule has 0 radical (unpaired) electrons. The summed E-state index contributed by atoms with van der Waals surface area (Å²) in [6, 6.07) is 51.0. The van der Waals surface area contributed by atoms with Crippen LogP contribution in [0.3, 0.4) is 0 Å².